The maximum atomic E-state index is 11.9. The van der Waals surface area contributed by atoms with Crippen LogP contribution in [0.15, 0.2) is 42.5 Å². The van der Waals surface area contributed by atoms with Crippen LogP contribution >= 0.6 is 0 Å². The monoisotopic (exact) mass is 286 g/mol. The molecular formula is C15H14N2O4. The Bertz CT molecular complexity index is 698. The van der Waals surface area contributed by atoms with E-state index in [2.05, 4.69) is 10.6 Å². The zero-order valence-corrected chi connectivity index (χ0v) is 11.3. The van der Waals surface area contributed by atoms with Crippen LogP contribution in [0.5, 0.6) is 5.75 Å². The first-order chi connectivity index (χ1) is 9.97. The highest BCUT2D eigenvalue weighted by atomic mass is 16.4. The number of nitrogens with one attached hydrogen (secondary N) is 2. The van der Waals surface area contributed by atoms with Crippen LogP contribution in [0.25, 0.3) is 0 Å². The average Bonchev–Trinajstić information content (AvgIpc) is 2.43. The number of carboxylic acid groups (broad SMARTS) is 1. The summed E-state index contributed by atoms with van der Waals surface area (Å²) in [5.74, 6) is -1.46. The van der Waals surface area contributed by atoms with Gasteiger partial charge in [-0.15, -0.1) is 0 Å². The third-order valence-electron chi connectivity index (χ3n) is 2.89. The molecule has 2 aromatic rings. The number of carbonyl (C=O) groups is 2. The van der Waals surface area contributed by atoms with E-state index >= 15 is 0 Å². The fourth-order valence-corrected chi connectivity index (χ4v) is 1.76. The van der Waals surface area contributed by atoms with Gasteiger partial charge in [0, 0.05) is 5.69 Å². The molecule has 108 valence electrons. The highest BCUT2D eigenvalue weighted by Gasteiger charge is 2.10. The lowest BCUT2D eigenvalue weighted by atomic mass is 10.2. The number of aryl methyl sites for hydroxylation is 1. The minimum atomic E-state index is -1.15. The summed E-state index contributed by atoms with van der Waals surface area (Å²) in [7, 11) is 0. The van der Waals surface area contributed by atoms with Gasteiger partial charge in [0.15, 0.2) is 0 Å². The molecule has 2 amide bonds. The topological polar surface area (TPSA) is 98.7 Å². The van der Waals surface area contributed by atoms with Crippen LogP contribution in [0.3, 0.4) is 0 Å². The minimum Gasteiger partial charge on any atom is -0.506 e. The summed E-state index contributed by atoms with van der Waals surface area (Å²) in [6.07, 6.45) is 0. The smallest absolute Gasteiger partial charge is 0.335 e. The van der Waals surface area contributed by atoms with Crippen LogP contribution in [-0.4, -0.2) is 22.2 Å². The molecule has 0 atom stereocenters. The highest BCUT2D eigenvalue weighted by Crippen LogP contribution is 2.24. The molecule has 0 spiro atoms. The second-order valence-electron chi connectivity index (χ2n) is 4.43. The number of rotatable bonds is 3. The van der Waals surface area contributed by atoms with E-state index in [1.165, 1.54) is 12.1 Å². The van der Waals surface area contributed by atoms with E-state index in [1.807, 2.05) is 19.1 Å². The number of hydrogen-bond donors (Lipinski definition) is 4. The minimum absolute atomic E-state index is 0.0580. The van der Waals surface area contributed by atoms with Gasteiger partial charge in [-0.3, -0.25) is 0 Å². The Hall–Kier alpha value is -3.02. The average molecular weight is 286 g/mol. The maximum Gasteiger partial charge on any atom is 0.335 e. The number of hydrogen-bond acceptors (Lipinski definition) is 3. The van der Waals surface area contributed by atoms with Crippen LogP contribution in [0.2, 0.25) is 0 Å². The van der Waals surface area contributed by atoms with E-state index in [4.69, 9.17) is 5.11 Å². The van der Waals surface area contributed by atoms with Crippen molar-refractivity contribution in [2.24, 2.45) is 0 Å². The molecule has 0 bridgehead atoms. The van der Waals surface area contributed by atoms with Crippen molar-refractivity contribution in [2.45, 2.75) is 6.92 Å². The van der Waals surface area contributed by atoms with Crippen molar-refractivity contribution < 1.29 is 19.8 Å². The Morgan fingerprint density at radius 1 is 1.00 bits per heavy atom. The highest BCUT2D eigenvalue weighted by molar-refractivity contribution is 6.01. The first kappa shape index (κ1) is 14.4. The number of carbonyl (C=O) groups excluding carboxylic acids is 1. The van der Waals surface area contributed by atoms with Crippen LogP contribution < -0.4 is 10.6 Å². The van der Waals surface area contributed by atoms with Crippen molar-refractivity contribution in [3.63, 3.8) is 0 Å². The first-order valence-electron chi connectivity index (χ1n) is 6.17. The molecule has 0 aliphatic heterocycles. The van der Waals surface area contributed by atoms with E-state index < -0.39 is 12.0 Å². The van der Waals surface area contributed by atoms with E-state index in [9.17, 15) is 14.7 Å². The van der Waals surface area contributed by atoms with Gasteiger partial charge in [0.1, 0.15) is 5.75 Å². The molecule has 2 rings (SSSR count). The molecule has 0 unspecified atom stereocenters. The van der Waals surface area contributed by atoms with E-state index in [-0.39, 0.29) is 17.0 Å². The second kappa shape index (κ2) is 5.96. The second-order valence-corrected chi connectivity index (χ2v) is 4.43. The van der Waals surface area contributed by atoms with Crippen molar-refractivity contribution >= 4 is 23.4 Å². The Kier molecular flexibility index (Phi) is 4.08. The Labute approximate surface area is 121 Å². The molecule has 6 heteroatoms. The number of anilines is 2. The van der Waals surface area contributed by atoms with Gasteiger partial charge in [0.05, 0.1) is 11.3 Å². The number of aromatic carboxylic acids is 1. The van der Waals surface area contributed by atoms with E-state index in [1.54, 1.807) is 12.1 Å². The Morgan fingerprint density at radius 2 is 1.67 bits per heavy atom. The predicted octanol–water partition coefficient (Wildman–Crippen LogP) is 3.04. The molecule has 0 saturated carbocycles. The molecule has 0 aliphatic rings. The molecule has 0 fully saturated rings. The van der Waals surface area contributed by atoms with Gasteiger partial charge in [0.2, 0.25) is 0 Å². The fraction of sp³-hybridized carbons (Fsp3) is 0.0667. The quantitative estimate of drug-likeness (QED) is 0.652. The molecule has 21 heavy (non-hydrogen) atoms. The number of phenols is 1. The normalized spacial score (nSPS) is 9.95. The lowest BCUT2D eigenvalue weighted by molar-refractivity contribution is 0.0696. The Morgan fingerprint density at radius 3 is 2.29 bits per heavy atom. The summed E-state index contributed by atoms with van der Waals surface area (Å²) in [6, 6.07) is 10.4. The SMILES string of the molecule is Cc1ccccc1NC(=O)Nc1ccc(C(=O)O)cc1O. The molecule has 4 N–H and O–H groups in total. The van der Waals surface area contributed by atoms with E-state index in [0.717, 1.165) is 11.6 Å². The third-order valence-corrected chi connectivity index (χ3v) is 2.89. The van der Waals surface area contributed by atoms with Gasteiger partial charge in [-0.2, -0.15) is 0 Å². The van der Waals surface area contributed by atoms with Crippen LogP contribution in [-0.2, 0) is 0 Å². The summed E-state index contributed by atoms with van der Waals surface area (Å²) in [6.45, 7) is 1.86. The summed E-state index contributed by atoms with van der Waals surface area (Å²) in [5.41, 5.74) is 1.62. The summed E-state index contributed by atoms with van der Waals surface area (Å²) in [5, 5.41) is 23.6. The molecule has 0 radical (unpaired) electrons. The third kappa shape index (κ3) is 3.50. The van der Waals surface area contributed by atoms with Crippen molar-refractivity contribution in [1.29, 1.82) is 0 Å². The Balaban J connectivity index is 2.10. The number of urea groups is 1. The van der Waals surface area contributed by atoms with Gasteiger partial charge in [0.25, 0.3) is 0 Å². The van der Waals surface area contributed by atoms with Gasteiger partial charge in [-0.1, -0.05) is 18.2 Å². The van der Waals surface area contributed by atoms with E-state index in [0.29, 0.717) is 5.69 Å². The number of aromatic hydroxyl groups is 1. The van der Waals surface area contributed by atoms with Crippen LogP contribution in [0.4, 0.5) is 16.2 Å². The molecule has 0 aliphatic carbocycles. The van der Waals surface area contributed by atoms with Crippen molar-refractivity contribution in [3.05, 3.63) is 53.6 Å². The zero-order chi connectivity index (χ0) is 15.4. The predicted molar refractivity (Wildman–Crippen MR) is 78.9 cm³/mol. The van der Waals surface area contributed by atoms with Gasteiger partial charge in [-0.05, 0) is 36.8 Å². The largest absolute Gasteiger partial charge is 0.506 e. The molecular weight excluding hydrogens is 272 g/mol. The number of para-hydroxylation sites is 1. The molecule has 0 saturated heterocycles. The first-order valence-corrected chi connectivity index (χ1v) is 6.17. The molecule has 2 aromatic carbocycles. The van der Waals surface area contributed by atoms with Crippen molar-refractivity contribution in [2.75, 3.05) is 10.6 Å². The lowest BCUT2D eigenvalue weighted by Crippen LogP contribution is -2.20. The van der Waals surface area contributed by atoms with Gasteiger partial charge >= 0.3 is 12.0 Å². The van der Waals surface area contributed by atoms with Crippen LogP contribution in [0, 0.1) is 6.92 Å². The zero-order valence-electron chi connectivity index (χ0n) is 11.3. The number of benzene rings is 2. The van der Waals surface area contributed by atoms with Gasteiger partial charge < -0.3 is 20.8 Å². The summed E-state index contributed by atoms with van der Waals surface area (Å²) >= 11 is 0. The molecule has 0 aromatic heterocycles. The van der Waals surface area contributed by atoms with Crippen molar-refractivity contribution in [1.82, 2.24) is 0 Å². The lowest BCUT2D eigenvalue weighted by Gasteiger charge is -2.11. The number of amides is 2. The molecule has 0 heterocycles. The van der Waals surface area contributed by atoms with Crippen molar-refractivity contribution in [3.8, 4) is 5.75 Å². The van der Waals surface area contributed by atoms with Crippen LogP contribution in [0.1, 0.15) is 15.9 Å². The summed E-state index contributed by atoms with van der Waals surface area (Å²) in [4.78, 5) is 22.6. The molecule has 6 nitrogen and oxygen atoms in total. The van der Waals surface area contributed by atoms with Gasteiger partial charge in [-0.25, -0.2) is 9.59 Å². The summed E-state index contributed by atoms with van der Waals surface area (Å²) < 4.78 is 0. The maximum absolute atomic E-state index is 11.9. The number of carboxylic acids is 1. The standard InChI is InChI=1S/C15H14N2O4/c1-9-4-2-3-5-11(9)16-15(21)17-12-7-6-10(14(19)20)8-13(12)18/h2-8,18H,1H3,(H,19,20)(H2,16,17,21). The number of phenolic OH excluding ortho intramolecular Hbond substituents is 1. The fourth-order valence-electron chi connectivity index (χ4n) is 1.76.